The number of ether oxygens (including phenoxy) is 1. The van der Waals surface area contributed by atoms with Crippen LogP contribution in [0.1, 0.15) is 34.7 Å². The molecule has 1 aliphatic rings. The van der Waals surface area contributed by atoms with E-state index in [1.54, 1.807) is 19.4 Å². The normalized spacial score (nSPS) is 17.6. The highest BCUT2D eigenvalue weighted by Crippen LogP contribution is 2.44. The van der Waals surface area contributed by atoms with Crippen molar-refractivity contribution in [2.24, 2.45) is 0 Å². The van der Waals surface area contributed by atoms with Crippen molar-refractivity contribution in [1.82, 2.24) is 14.9 Å². The fraction of sp³-hybridized carbons (Fsp3) is 0.185. The first kappa shape index (κ1) is 22.0. The lowest BCUT2D eigenvalue weighted by atomic mass is 9.96. The molecule has 0 unspecified atom stereocenters. The zero-order valence-corrected chi connectivity index (χ0v) is 20.1. The maximum absolute atomic E-state index is 10.6. The molecule has 2 atom stereocenters. The van der Waals surface area contributed by atoms with Crippen LogP contribution in [0.4, 0.5) is 5.69 Å². The number of rotatable bonds is 5. The van der Waals surface area contributed by atoms with E-state index in [0.29, 0.717) is 5.11 Å². The van der Waals surface area contributed by atoms with Crippen molar-refractivity contribution < 1.29 is 9.84 Å². The predicted molar refractivity (Wildman–Crippen MR) is 138 cm³/mol. The average molecular weight is 471 g/mol. The molecule has 0 amide bonds. The van der Waals surface area contributed by atoms with Gasteiger partial charge >= 0.3 is 0 Å². The van der Waals surface area contributed by atoms with Gasteiger partial charge in [0, 0.05) is 29.3 Å². The van der Waals surface area contributed by atoms with Crippen LogP contribution < -0.4 is 15.0 Å². The van der Waals surface area contributed by atoms with E-state index in [0.717, 1.165) is 39.8 Å². The number of anilines is 1. The van der Waals surface area contributed by atoms with Gasteiger partial charge in [-0.15, -0.1) is 0 Å². The molecule has 6 nitrogen and oxygen atoms in total. The Labute approximate surface area is 204 Å². The maximum atomic E-state index is 10.6. The summed E-state index contributed by atoms with van der Waals surface area (Å²) in [4.78, 5) is 6.78. The molecule has 7 heteroatoms. The number of thiocarbonyl (C=S) groups is 1. The SMILES string of the molecule is COc1cccc(N2C(=S)N[C@@H](c3ccccn3)[C@H]2c2cc(C)n(-c3ccccc3O)c2C)c1. The molecule has 172 valence electrons. The van der Waals surface area contributed by atoms with Crippen molar-refractivity contribution in [2.45, 2.75) is 25.9 Å². The van der Waals surface area contributed by atoms with Crippen molar-refractivity contribution in [1.29, 1.82) is 0 Å². The minimum Gasteiger partial charge on any atom is -0.506 e. The number of pyridine rings is 1. The van der Waals surface area contributed by atoms with Gasteiger partial charge in [-0.25, -0.2) is 0 Å². The molecule has 0 aliphatic carbocycles. The maximum Gasteiger partial charge on any atom is 0.174 e. The summed E-state index contributed by atoms with van der Waals surface area (Å²) in [6.45, 7) is 4.13. The third-order valence-electron chi connectivity index (χ3n) is 6.34. The monoisotopic (exact) mass is 470 g/mol. The number of nitrogens with one attached hydrogen (secondary N) is 1. The van der Waals surface area contributed by atoms with Crippen LogP contribution in [-0.4, -0.2) is 26.9 Å². The Balaban J connectivity index is 1.70. The van der Waals surface area contributed by atoms with E-state index in [1.165, 1.54) is 0 Å². The molecule has 4 aromatic rings. The highest BCUT2D eigenvalue weighted by atomic mass is 32.1. The van der Waals surface area contributed by atoms with Crippen molar-refractivity contribution in [2.75, 3.05) is 12.0 Å². The Morgan fingerprint density at radius 2 is 1.79 bits per heavy atom. The Morgan fingerprint density at radius 3 is 2.53 bits per heavy atom. The van der Waals surface area contributed by atoms with Crippen molar-refractivity contribution in [3.63, 3.8) is 0 Å². The number of methoxy groups -OCH3 is 1. The molecular weight excluding hydrogens is 444 g/mol. The quantitative estimate of drug-likeness (QED) is 0.382. The average Bonchev–Trinajstić information content (AvgIpc) is 3.35. The fourth-order valence-electron chi connectivity index (χ4n) is 4.82. The Hall–Kier alpha value is -3.84. The molecule has 0 spiro atoms. The number of phenols is 1. The number of phenolic OH excluding ortho intramolecular Hbond substituents is 1. The second kappa shape index (κ2) is 8.83. The lowest BCUT2D eigenvalue weighted by molar-refractivity contribution is 0.415. The van der Waals surface area contributed by atoms with Gasteiger partial charge < -0.3 is 24.6 Å². The highest BCUT2D eigenvalue weighted by Gasteiger charge is 2.42. The molecule has 3 heterocycles. The van der Waals surface area contributed by atoms with E-state index in [4.69, 9.17) is 17.0 Å². The Kier molecular flexibility index (Phi) is 5.71. The van der Waals surface area contributed by atoms with Crippen LogP contribution in [0.3, 0.4) is 0 Å². The lowest BCUT2D eigenvalue weighted by Crippen LogP contribution is -2.29. The molecule has 1 aliphatic heterocycles. The Bertz CT molecular complexity index is 1350. The Morgan fingerprint density at radius 1 is 1.00 bits per heavy atom. The van der Waals surface area contributed by atoms with Gasteiger partial charge in [0.15, 0.2) is 5.11 Å². The standard InChI is InChI=1S/C27H26N4O2S/c1-17-15-21(18(2)30(17)23-12-4-5-13-24(23)32)26-25(22-11-6-7-14-28-22)29-27(34)31(26)19-9-8-10-20(16-19)33-3/h4-16,25-26,32H,1-3H3,(H,29,34)/t25-,26+/m0/s1. The predicted octanol–water partition coefficient (Wildman–Crippen LogP) is 5.38. The summed E-state index contributed by atoms with van der Waals surface area (Å²) in [7, 11) is 1.66. The molecule has 0 saturated carbocycles. The first-order chi connectivity index (χ1) is 16.5. The van der Waals surface area contributed by atoms with Crippen LogP contribution in [0.25, 0.3) is 5.69 Å². The van der Waals surface area contributed by atoms with Gasteiger partial charge in [-0.05, 0) is 74.1 Å². The summed E-state index contributed by atoms with van der Waals surface area (Å²) in [5, 5.41) is 14.7. The van der Waals surface area contributed by atoms with E-state index in [1.807, 2.05) is 60.7 Å². The van der Waals surface area contributed by atoms with E-state index in [2.05, 4.69) is 39.7 Å². The van der Waals surface area contributed by atoms with Gasteiger partial charge in [-0.2, -0.15) is 0 Å². The minimum absolute atomic E-state index is 0.152. The van der Waals surface area contributed by atoms with Crippen molar-refractivity contribution in [3.05, 3.63) is 102 Å². The summed E-state index contributed by atoms with van der Waals surface area (Å²) in [6.07, 6.45) is 1.80. The molecule has 1 fully saturated rings. The van der Waals surface area contributed by atoms with Crippen LogP contribution in [-0.2, 0) is 0 Å². The fourth-order valence-corrected chi connectivity index (χ4v) is 5.17. The number of nitrogens with zero attached hydrogens (tertiary/aromatic N) is 3. The largest absolute Gasteiger partial charge is 0.506 e. The topological polar surface area (TPSA) is 62.5 Å². The summed E-state index contributed by atoms with van der Waals surface area (Å²) < 4.78 is 7.57. The second-order valence-corrected chi connectivity index (χ2v) is 8.74. The zero-order chi connectivity index (χ0) is 23.8. The van der Waals surface area contributed by atoms with Crippen LogP contribution in [0.2, 0.25) is 0 Å². The minimum atomic E-state index is -0.154. The molecule has 2 N–H and O–H groups in total. The van der Waals surface area contributed by atoms with E-state index in [-0.39, 0.29) is 17.8 Å². The summed E-state index contributed by atoms with van der Waals surface area (Å²) >= 11 is 5.85. The summed E-state index contributed by atoms with van der Waals surface area (Å²) in [5.41, 5.74) is 5.76. The van der Waals surface area contributed by atoms with Crippen LogP contribution in [0, 0.1) is 13.8 Å². The first-order valence-electron chi connectivity index (χ1n) is 11.1. The second-order valence-electron chi connectivity index (χ2n) is 8.35. The van der Waals surface area contributed by atoms with E-state index < -0.39 is 0 Å². The molecular formula is C27H26N4O2S. The van der Waals surface area contributed by atoms with Crippen LogP contribution in [0.15, 0.2) is 79.0 Å². The number of hydrogen-bond donors (Lipinski definition) is 2. The molecule has 2 aromatic carbocycles. The van der Waals surface area contributed by atoms with E-state index >= 15 is 0 Å². The molecule has 0 bridgehead atoms. The number of hydrogen-bond acceptors (Lipinski definition) is 4. The van der Waals surface area contributed by atoms with Crippen molar-refractivity contribution in [3.8, 4) is 17.2 Å². The molecule has 5 rings (SSSR count). The lowest BCUT2D eigenvalue weighted by Gasteiger charge is -2.28. The zero-order valence-electron chi connectivity index (χ0n) is 19.3. The molecule has 34 heavy (non-hydrogen) atoms. The van der Waals surface area contributed by atoms with Crippen LogP contribution >= 0.6 is 12.2 Å². The van der Waals surface area contributed by atoms with Gasteiger partial charge in [0.05, 0.1) is 30.6 Å². The summed E-state index contributed by atoms with van der Waals surface area (Å²) in [5.74, 6) is 1.00. The number of aromatic hydroxyl groups is 1. The smallest absolute Gasteiger partial charge is 0.174 e. The van der Waals surface area contributed by atoms with Crippen molar-refractivity contribution >= 4 is 23.0 Å². The number of aryl methyl sites for hydroxylation is 1. The van der Waals surface area contributed by atoms with Gasteiger partial charge in [0.2, 0.25) is 0 Å². The van der Waals surface area contributed by atoms with Crippen LogP contribution in [0.5, 0.6) is 11.5 Å². The molecule has 1 saturated heterocycles. The number of aromatic nitrogens is 2. The third-order valence-corrected chi connectivity index (χ3v) is 6.66. The third kappa shape index (κ3) is 3.68. The summed E-state index contributed by atoms with van der Waals surface area (Å²) in [6, 6.07) is 23.1. The molecule has 0 radical (unpaired) electrons. The van der Waals surface area contributed by atoms with Gasteiger partial charge in [-0.1, -0.05) is 24.3 Å². The van der Waals surface area contributed by atoms with Gasteiger partial charge in [-0.3, -0.25) is 4.98 Å². The van der Waals surface area contributed by atoms with E-state index in [9.17, 15) is 5.11 Å². The van der Waals surface area contributed by atoms with Gasteiger partial charge in [0.1, 0.15) is 11.5 Å². The number of para-hydroxylation sites is 2. The van der Waals surface area contributed by atoms with Gasteiger partial charge in [0.25, 0.3) is 0 Å². The highest BCUT2D eigenvalue weighted by molar-refractivity contribution is 7.80. The first-order valence-corrected chi connectivity index (χ1v) is 11.5. The number of benzene rings is 2. The molecule has 2 aromatic heterocycles.